The third kappa shape index (κ3) is 3.33. The van der Waals surface area contributed by atoms with E-state index in [-0.39, 0.29) is 24.6 Å². The van der Waals surface area contributed by atoms with E-state index in [1.54, 1.807) is 10.9 Å². The van der Waals surface area contributed by atoms with Crippen LogP contribution in [0.4, 0.5) is 0 Å². The van der Waals surface area contributed by atoms with Crippen LogP contribution in [0.15, 0.2) is 24.4 Å². The lowest BCUT2D eigenvalue weighted by molar-refractivity contribution is 0.0904. The van der Waals surface area contributed by atoms with E-state index in [1.807, 2.05) is 32.0 Å². The number of nitrogens with zero attached hydrogens (tertiary/aromatic N) is 3. The van der Waals surface area contributed by atoms with Gasteiger partial charge in [0.15, 0.2) is 0 Å². The number of benzene rings is 1. The van der Waals surface area contributed by atoms with E-state index in [4.69, 9.17) is 0 Å². The molecule has 1 heterocycles. The molecule has 0 aliphatic heterocycles. The molecule has 2 aromatic rings. The van der Waals surface area contributed by atoms with Crippen molar-refractivity contribution in [3.8, 4) is 0 Å². The van der Waals surface area contributed by atoms with Crippen molar-refractivity contribution in [2.75, 3.05) is 0 Å². The lowest BCUT2D eigenvalue weighted by Gasteiger charge is -2.32. The highest BCUT2D eigenvalue weighted by Crippen LogP contribution is 2.28. The largest absolute Gasteiger partial charge is 0.390 e. The maximum absolute atomic E-state index is 12.7. The second kappa shape index (κ2) is 7.13. The second-order valence-corrected chi connectivity index (χ2v) is 6.53. The monoisotopic (exact) mass is 328 g/mol. The molecule has 6 nitrogen and oxygen atoms in total. The van der Waals surface area contributed by atoms with Gasteiger partial charge in [-0.15, -0.1) is 5.10 Å². The second-order valence-electron chi connectivity index (χ2n) is 6.53. The Morgan fingerprint density at radius 2 is 2.12 bits per heavy atom. The molecule has 0 unspecified atom stereocenters. The number of nitrogens with one attached hydrogen (secondary N) is 1. The van der Waals surface area contributed by atoms with Crippen LogP contribution in [0, 0.1) is 13.8 Å². The highest BCUT2D eigenvalue weighted by molar-refractivity contribution is 5.96. The van der Waals surface area contributed by atoms with Gasteiger partial charge in [-0.25, -0.2) is 4.68 Å². The van der Waals surface area contributed by atoms with Crippen molar-refractivity contribution in [3.63, 3.8) is 0 Å². The van der Waals surface area contributed by atoms with Crippen LogP contribution in [-0.2, 0) is 6.61 Å². The van der Waals surface area contributed by atoms with Gasteiger partial charge in [-0.3, -0.25) is 4.79 Å². The number of rotatable bonds is 4. The average molecular weight is 328 g/mol. The van der Waals surface area contributed by atoms with Crippen LogP contribution in [0.1, 0.15) is 58.9 Å². The number of carbonyl (C=O) groups is 1. The Morgan fingerprint density at radius 3 is 2.88 bits per heavy atom. The molecule has 1 saturated carbocycles. The molecule has 2 atom stereocenters. The standard InChI is InChI=1S/C18H24N4O2/c1-12-6-5-7-15(13(12)2)18(24)19-16-8-3-4-9-17(16)22-10-14(11-23)20-21-22/h5-7,10,16-17,23H,3-4,8-9,11H2,1-2H3,(H,19,24)/t16-,17+/m0/s1. The topological polar surface area (TPSA) is 80.0 Å². The minimum absolute atomic E-state index is 0.0272. The van der Waals surface area contributed by atoms with Crippen molar-refractivity contribution in [3.05, 3.63) is 46.8 Å². The molecule has 1 aliphatic rings. The molecule has 0 spiro atoms. The number of aliphatic hydroxyl groups is 1. The third-order valence-corrected chi connectivity index (χ3v) is 4.95. The fourth-order valence-electron chi connectivity index (χ4n) is 3.39. The van der Waals surface area contributed by atoms with Crippen molar-refractivity contribution < 1.29 is 9.90 Å². The molecular formula is C18H24N4O2. The molecule has 1 fully saturated rings. The van der Waals surface area contributed by atoms with Gasteiger partial charge in [-0.1, -0.05) is 30.2 Å². The van der Waals surface area contributed by atoms with Crippen LogP contribution in [-0.4, -0.2) is 32.0 Å². The molecule has 6 heteroatoms. The van der Waals surface area contributed by atoms with Gasteiger partial charge in [-0.05, 0) is 43.9 Å². The predicted octanol–water partition coefficient (Wildman–Crippen LogP) is 2.30. The average Bonchev–Trinajstić information content (AvgIpc) is 3.06. The Bertz CT molecular complexity index is 726. The number of carbonyl (C=O) groups excluding carboxylic acids is 1. The Labute approximate surface area is 141 Å². The van der Waals surface area contributed by atoms with E-state index in [0.29, 0.717) is 5.69 Å². The summed E-state index contributed by atoms with van der Waals surface area (Å²) in [5.74, 6) is -0.0319. The summed E-state index contributed by atoms with van der Waals surface area (Å²) in [5.41, 5.74) is 3.42. The van der Waals surface area contributed by atoms with Gasteiger partial charge in [0.25, 0.3) is 5.91 Å². The smallest absolute Gasteiger partial charge is 0.251 e. The Balaban J connectivity index is 1.78. The van der Waals surface area contributed by atoms with Crippen molar-refractivity contribution in [2.24, 2.45) is 0 Å². The quantitative estimate of drug-likeness (QED) is 0.902. The third-order valence-electron chi connectivity index (χ3n) is 4.95. The van der Waals surface area contributed by atoms with Crippen LogP contribution in [0.2, 0.25) is 0 Å². The fraction of sp³-hybridized carbons (Fsp3) is 0.500. The summed E-state index contributed by atoms with van der Waals surface area (Å²) in [6.45, 7) is 3.88. The lowest BCUT2D eigenvalue weighted by atomic mass is 9.90. The summed E-state index contributed by atoms with van der Waals surface area (Å²) >= 11 is 0. The molecule has 1 amide bonds. The molecule has 128 valence electrons. The maximum Gasteiger partial charge on any atom is 0.251 e. The van der Waals surface area contributed by atoms with Gasteiger partial charge in [0.1, 0.15) is 5.69 Å². The van der Waals surface area contributed by atoms with Gasteiger partial charge < -0.3 is 10.4 Å². The fourth-order valence-corrected chi connectivity index (χ4v) is 3.39. The first-order valence-electron chi connectivity index (χ1n) is 8.49. The van der Waals surface area contributed by atoms with Gasteiger partial charge in [0.05, 0.1) is 24.9 Å². The number of hydrogen-bond donors (Lipinski definition) is 2. The van der Waals surface area contributed by atoms with Crippen molar-refractivity contribution in [1.82, 2.24) is 20.3 Å². The van der Waals surface area contributed by atoms with Crippen molar-refractivity contribution in [2.45, 2.75) is 58.2 Å². The summed E-state index contributed by atoms with van der Waals surface area (Å²) in [6.07, 6.45) is 5.85. The molecule has 0 saturated heterocycles. The molecule has 1 aromatic carbocycles. The van der Waals surface area contributed by atoms with Gasteiger partial charge in [0, 0.05) is 5.56 Å². The molecule has 3 rings (SSSR count). The molecule has 1 aliphatic carbocycles. The van der Waals surface area contributed by atoms with E-state index in [9.17, 15) is 9.90 Å². The Morgan fingerprint density at radius 1 is 1.33 bits per heavy atom. The summed E-state index contributed by atoms with van der Waals surface area (Å²) in [6, 6.07) is 5.91. The number of aromatic nitrogens is 3. The van der Waals surface area contributed by atoms with Crippen molar-refractivity contribution >= 4 is 5.91 Å². The first-order valence-corrected chi connectivity index (χ1v) is 8.49. The minimum atomic E-state index is -0.119. The normalized spacial score (nSPS) is 20.8. The van der Waals surface area contributed by atoms with Gasteiger partial charge in [-0.2, -0.15) is 0 Å². The Kier molecular flexibility index (Phi) is 4.94. The van der Waals surface area contributed by atoms with Crippen LogP contribution in [0.5, 0.6) is 0 Å². The van der Waals surface area contributed by atoms with Crippen LogP contribution < -0.4 is 5.32 Å². The molecule has 24 heavy (non-hydrogen) atoms. The van der Waals surface area contributed by atoms with Crippen LogP contribution >= 0.6 is 0 Å². The predicted molar refractivity (Wildman–Crippen MR) is 90.6 cm³/mol. The SMILES string of the molecule is Cc1cccc(C(=O)N[C@H]2CCCC[C@H]2n2cc(CO)nn2)c1C. The Hall–Kier alpha value is -2.21. The first kappa shape index (κ1) is 16.6. The van der Waals surface area contributed by atoms with Crippen LogP contribution in [0.25, 0.3) is 0 Å². The van der Waals surface area contributed by atoms with E-state index in [2.05, 4.69) is 15.6 Å². The maximum atomic E-state index is 12.7. The summed E-state index contributed by atoms with van der Waals surface area (Å²) in [7, 11) is 0. The molecule has 1 aromatic heterocycles. The lowest BCUT2D eigenvalue weighted by Crippen LogP contribution is -2.43. The van der Waals surface area contributed by atoms with E-state index in [0.717, 1.165) is 42.4 Å². The number of aliphatic hydroxyl groups excluding tert-OH is 1. The molecular weight excluding hydrogens is 304 g/mol. The van der Waals surface area contributed by atoms with E-state index in [1.165, 1.54) is 0 Å². The summed E-state index contributed by atoms with van der Waals surface area (Å²) < 4.78 is 1.79. The highest BCUT2D eigenvalue weighted by atomic mass is 16.3. The van der Waals surface area contributed by atoms with E-state index < -0.39 is 0 Å². The van der Waals surface area contributed by atoms with Gasteiger partial charge in [0.2, 0.25) is 0 Å². The van der Waals surface area contributed by atoms with Gasteiger partial charge >= 0.3 is 0 Å². The van der Waals surface area contributed by atoms with Crippen molar-refractivity contribution in [1.29, 1.82) is 0 Å². The number of aryl methyl sites for hydroxylation is 1. The van der Waals surface area contributed by atoms with E-state index >= 15 is 0 Å². The molecule has 0 radical (unpaired) electrons. The minimum Gasteiger partial charge on any atom is -0.390 e. The summed E-state index contributed by atoms with van der Waals surface area (Å²) in [5, 5.41) is 20.5. The summed E-state index contributed by atoms with van der Waals surface area (Å²) in [4.78, 5) is 12.7. The molecule has 0 bridgehead atoms. The highest BCUT2D eigenvalue weighted by Gasteiger charge is 2.29. The first-order chi connectivity index (χ1) is 11.6. The number of hydrogen-bond acceptors (Lipinski definition) is 4. The van der Waals surface area contributed by atoms with Crippen LogP contribution in [0.3, 0.4) is 0 Å². The zero-order chi connectivity index (χ0) is 17.1. The zero-order valence-corrected chi connectivity index (χ0v) is 14.2. The number of amides is 1. The zero-order valence-electron chi connectivity index (χ0n) is 14.2. The molecule has 2 N–H and O–H groups in total.